The van der Waals surface area contributed by atoms with Crippen LogP contribution in [0.4, 0.5) is 0 Å². The predicted octanol–water partition coefficient (Wildman–Crippen LogP) is -2.44. The molecule has 4 nitrogen and oxygen atoms in total. The Labute approximate surface area is 91.8 Å². The number of halogens is 1. The first-order valence-electron chi connectivity index (χ1n) is 3.65. The summed E-state index contributed by atoms with van der Waals surface area (Å²) in [6, 6.07) is 5.51. The van der Waals surface area contributed by atoms with Crippen molar-refractivity contribution in [3.63, 3.8) is 0 Å². The fourth-order valence-corrected chi connectivity index (χ4v) is 1.08. The van der Waals surface area contributed by atoms with E-state index in [0.717, 1.165) is 10.1 Å². The Hall–Kier alpha value is -0.980. The molecule has 0 saturated heterocycles. The van der Waals surface area contributed by atoms with E-state index in [1.165, 1.54) is 4.52 Å². The normalized spacial score (nSPS) is 9.62. The molecule has 0 N–H and O–H groups in total. The van der Waals surface area contributed by atoms with Crippen molar-refractivity contribution in [1.29, 1.82) is 0 Å². The number of hydrogen-bond acceptors (Lipinski definition) is 2. The molecule has 0 bridgehead atoms. The number of aromatic nitrogens is 3. The molecule has 0 aliphatic carbocycles. The minimum atomic E-state index is 0. The van der Waals surface area contributed by atoms with Crippen LogP contribution in [-0.2, 0) is 0 Å². The predicted molar refractivity (Wildman–Crippen MR) is 43.3 cm³/mol. The summed E-state index contributed by atoms with van der Waals surface area (Å²) in [5, 5.41) is 0. The lowest BCUT2D eigenvalue weighted by Crippen LogP contribution is -3.00. The van der Waals surface area contributed by atoms with Crippen LogP contribution < -0.4 is 28.5 Å². The van der Waals surface area contributed by atoms with Gasteiger partial charge in [-0.1, -0.05) is 6.07 Å². The molecular weight excluding hydrogens is 281 g/mol. The molecule has 2 heterocycles. The van der Waals surface area contributed by atoms with Gasteiger partial charge in [0.2, 0.25) is 0 Å². The van der Waals surface area contributed by atoms with E-state index in [0.29, 0.717) is 5.82 Å². The average molecular weight is 289 g/mol. The van der Waals surface area contributed by atoms with Gasteiger partial charge in [-0.25, -0.2) is 0 Å². The fraction of sp³-hybridized carbons (Fsp3) is 0.125. The zero-order valence-corrected chi connectivity index (χ0v) is 9.17. The summed E-state index contributed by atoms with van der Waals surface area (Å²) in [5.74, 6) is 0.443. The van der Waals surface area contributed by atoms with Crippen LogP contribution in [0.2, 0.25) is 0 Å². The third kappa shape index (κ3) is 1.69. The number of hydrogen-bond donors (Lipinski definition) is 0. The van der Waals surface area contributed by atoms with Crippen molar-refractivity contribution >= 4 is 5.52 Å². The highest BCUT2D eigenvalue weighted by molar-refractivity contribution is 5.40. The van der Waals surface area contributed by atoms with Gasteiger partial charge in [0.25, 0.3) is 0 Å². The topological polar surface area (TPSA) is 40.3 Å². The van der Waals surface area contributed by atoms with Crippen molar-refractivity contribution in [1.82, 2.24) is 9.50 Å². The third-order valence-electron chi connectivity index (χ3n) is 1.73. The van der Waals surface area contributed by atoms with Crippen LogP contribution in [0.3, 0.4) is 0 Å². The van der Waals surface area contributed by atoms with Gasteiger partial charge in [0.15, 0.2) is 6.20 Å². The van der Waals surface area contributed by atoms with Crippen LogP contribution in [0.15, 0.2) is 30.6 Å². The molecule has 68 valence electrons. The standard InChI is InChI=1S/C8H8N3O.HI/c1-7-9-6-8-4-2-3-5-10(8)11(7)12;/h2-6H,1H3;1H/q+1;/p-1. The summed E-state index contributed by atoms with van der Waals surface area (Å²) >= 11 is 0. The summed E-state index contributed by atoms with van der Waals surface area (Å²) < 4.78 is 2.26. The second-order valence-corrected chi connectivity index (χ2v) is 2.55. The van der Waals surface area contributed by atoms with Gasteiger partial charge in [0.1, 0.15) is 5.52 Å². The highest BCUT2D eigenvalue weighted by atomic mass is 127. The van der Waals surface area contributed by atoms with E-state index in [2.05, 4.69) is 4.98 Å². The largest absolute Gasteiger partial charge is 1.00 e. The van der Waals surface area contributed by atoms with E-state index in [1.807, 2.05) is 12.1 Å². The Balaban J connectivity index is 0.000000845. The van der Waals surface area contributed by atoms with E-state index in [9.17, 15) is 4.91 Å². The summed E-state index contributed by atoms with van der Waals surface area (Å²) in [7, 11) is 0. The molecule has 0 unspecified atom stereocenters. The number of aryl methyl sites for hydroxylation is 1. The van der Waals surface area contributed by atoms with E-state index in [4.69, 9.17) is 0 Å². The van der Waals surface area contributed by atoms with Crippen LogP contribution in [0.5, 0.6) is 0 Å². The lowest BCUT2D eigenvalue weighted by Gasteiger charge is -1.91. The van der Waals surface area contributed by atoms with E-state index in [1.54, 1.807) is 25.4 Å². The minimum absolute atomic E-state index is 0. The lowest BCUT2D eigenvalue weighted by molar-refractivity contribution is -0.587. The van der Waals surface area contributed by atoms with Crippen LogP contribution in [0, 0.1) is 11.8 Å². The maximum Gasteiger partial charge on any atom is 0.362 e. The monoisotopic (exact) mass is 289 g/mol. The minimum Gasteiger partial charge on any atom is -1.00 e. The molecule has 2 aromatic rings. The Morgan fingerprint density at radius 3 is 3.00 bits per heavy atom. The van der Waals surface area contributed by atoms with Crippen molar-refractivity contribution in [2.45, 2.75) is 6.92 Å². The molecule has 5 heteroatoms. The molecule has 2 rings (SSSR count). The van der Waals surface area contributed by atoms with Gasteiger partial charge in [-0.05, 0) is 22.0 Å². The molecule has 0 atom stereocenters. The Morgan fingerprint density at radius 2 is 2.23 bits per heavy atom. The highest BCUT2D eigenvalue weighted by Gasteiger charge is 2.05. The first kappa shape index (κ1) is 10.1. The molecule has 0 radical (unpaired) electrons. The van der Waals surface area contributed by atoms with E-state index < -0.39 is 0 Å². The molecule has 2 aromatic heterocycles. The van der Waals surface area contributed by atoms with Crippen LogP contribution in [0.1, 0.15) is 5.82 Å². The van der Waals surface area contributed by atoms with Crippen molar-refractivity contribution in [3.8, 4) is 0 Å². The van der Waals surface area contributed by atoms with Crippen molar-refractivity contribution in [2.75, 3.05) is 0 Å². The van der Waals surface area contributed by atoms with Gasteiger partial charge < -0.3 is 24.0 Å². The molecule has 0 aromatic carbocycles. The van der Waals surface area contributed by atoms with Crippen LogP contribution in [-0.4, -0.2) is 9.50 Å². The molecule has 0 saturated carbocycles. The zero-order chi connectivity index (χ0) is 8.55. The van der Waals surface area contributed by atoms with Gasteiger partial charge in [0.05, 0.1) is 10.7 Å². The third-order valence-corrected chi connectivity index (χ3v) is 1.73. The fourth-order valence-electron chi connectivity index (χ4n) is 1.08. The zero-order valence-electron chi connectivity index (χ0n) is 7.01. The number of fused-ring (bicyclic) bond motifs is 1. The molecule has 0 aliphatic rings. The summed E-state index contributed by atoms with van der Waals surface area (Å²) in [6.07, 6.45) is 3.38. The number of rotatable bonds is 0. The summed E-state index contributed by atoms with van der Waals surface area (Å²) in [6.45, 7) is 1.67. The molecule has 0 amide bonds. The second-order valence-electron chi connectivity index (χ2n) is 2.55. The van der Waals surface area contributed by atoms with Gasteiger partial charge in [-0.3, -0.25) is 0 Å². The molecule has 0 fully saturated rings. The van der Waals surface area contributed by atoms with E-state index >= 15 is 0 Å². The van der Waals surface area contributed by atoms with Crippen molar-refractivity contribution < 1.29 is 28.5 Å². The smallest absolute Gasteiger partial charge is 0.362 e. The first-order chi connectivity index (χ1) is 5.79. The number of pyridine rings is 1. The Kier molecular flexibility index (Phi) is 2.97. The van der Waals surface area contributed by atoms with Crippen LogP contribution >= 0.6 is 0 Å². The van der Waals surface area contributed by atoms with Gasteiger partial charge >= 0.3 is 5.82 Å². The van der Waals surface area contributed by atoms with Gasteiger partial charge in [-0.2, -0.15) is 0 Å². The molecule has 13 heavy (non-hydrogen) atoms. The lowest BCUT2D eigenvalue weighted by atomic mass is 10.4. The Morgan fingerprint density at radius 1 is 1.46 bits per heavy atom. The van der Waals surface area contributed by atoms with Crippen molar-refractivity contribution in [2.24, 2.45) is 0 Å². The Bertz CT molecular complexity index is 480. The SMILES string of the molecule is Cc1ncc2ccccn2[n+]1=O.[I-]. The molecular formula is C8H8IN3O. The number of nitrogens with zero attached hydrogens (tertiary/aromatic N) is 3. The van der Waals surface area contributed by atoms with Crippen LogP contribution in [0.25, 0.3) is 5.52 Å². The summed E-state index contributed by atoms with van der Waals surface area (Å²) in [5.41, 5.74) is 0.790. The maximum absolute atomic E-state index is 11.3. The summed E-state index contributed by atoms with van der Waals surface area (Å²) in [4.78, 5) is 15.3. The maximum atomic E-state index is 11.3. The molecule has 0 spiro atoms. The van der Waals surface area contributed by atoms with Gasteiger partial charge in [0, 0.05) is 6.92 Å². The van der Waals surface area contributed by atoms with Crippen molar-refractivity contribution in [3.05, 3.63) is 41.3 Å². The van der Waals surface area contributed by atoms with Gasteiger partial charge in [-0.15, -0.1) is 4.52 Å². The quantitative estimate of drug-likeness (QED) is 0.399. The first-order valence-corrected chi connectivity index (χ1v) is 3.65. The molecule has 0 aliphatic heterocycles. The average Bonchev–Trinajstić information content (AvgIpc) is 2.12. The van der Waals surface area contributed by atoms with E-state index in [-0.39, 0.29) is 24.0 Å². The highest BCUT2D eigenvalue weighted by Crippen LogP contribution is 1.95. The second kappa shape index (κ2) is 3.82.